The van der Waals surface area contributed by atoms with Crippen LogP contribution in [0.3, 0.4) is 0 Å². The predicted molar refractivity (Wildman–Crippen MR) is 129 cm³/mol. The largest absolute Gasteiger partial charge is 0.493 e. The molecule has 1 N–H and O–H groups in total. The van der Waals surface area contributed by atoms with Crippen LogP contribution in [-0.4, -0.2) is 63.0 Å². The molecule has 0 spiro atoms. The summed E-state index contributed by atoms with van der Waals surface area (Å²) >= 11 is 0. The zero-order valence-corrected chi connectivity index (χ0v) is 21.5. The van der Waals surface area contributed by atoms with E-state index in [9.17, 15) is 31.5 Å². The van der Waals surface area contributed by atoms with Crippen LogP contribution in [0.4, 0.5) is 32.4 Å². The molecule has 2 fully saturated rings. The molecule has 1 aliphatic carbocycles. The van der Waals surface area contributed by atoms with Crippen LogP contribution < -0.4 is 19.9 Å². The number of likely N-dealkylation sites (N-methyl/N-ethyl adjacent to an activating group) is 1. The van der Waals surface area contributed by atoms with E-state index in [1.54, 1.807) is 14.2 Å². The van der Waals surface area contributed by atoms with Gasteiger partial charge in [-0.3, -0.25) is 0 Å². The quantitative estimate of drug-likeness (QED) is 0.424. The first kappa shape index (κ1) is 28.4. The second-order valence-electron chi connectivity index (χ2n) is 9.66. The van der Waals surface area contributed by atoms with Crippen molar-refractivity contribution in [3.63, 3.8) is 0 Å². The molecular weight excluding hydrogens is 529 g/mol. The van der Waals surface area contributed by atoms with Crippen molar-refractivity contribution in [2.24, 2.45) is 0 Å². The zero-order valence-electron chi connectivity index (χ0n) is 21.5. The summed E-state index contributed by atoms with van der Waals surface area (Å²) in [6.45, 7) is 0.774. The van der Waals surface area contributed by atoms with Crippen LogP contribution in [0.5, 0.6) is 11.5 Å². The summed E-state index contributed by atoms with van der Waals surface area (Å²) in [5.74, 6) is -3.97. The fourth-order valence-corrected chi connectivity index (χ4v) is 5.61. The van der Waals surface area contributed by atoms with Crippen LogP contribution in [0, 0.1) is 11.6 Å². The molecule has 0 unspecified atom stereocenters. The molecule has 1 saturated carbocycles. The Hall–Kier alpha value is -3.61. The topological polar surface area (TPSA) is 80.3 Å². The molecule has 1 heterocycles. The van der Waals surface area contributed by atoms with Crippen molar-refractivity contribution in [1.82, 2.24) is 10.2 Å². The maximum Gasteiger partial charge on any atom is 0.493 e. The number of carbonyl (C=O) groups is 2. The number of nitrogens with one attached hydrogen (secondary N) is 1. The Morgan fingerprint density at radius 2 is 1.77 bits per heavy atom. The van der Waals surface area contributed by atoms with Gasteiger partial charge < -0.3 is 24.5 Å². The number of hydrogen-bond donors (Lipinski definition) is 1. The highest BCUT2D eigenvalue weighted by atomic mass is 19.4. The van der Waals surface area contributed by atoms with Crippen molar-refractivity contribution in [3.05, 3.63) is 53.6 Å². The summed E-state index contributed by atoms with van der Waals surface area (Å²) in [5, 5.41) is 2.44. The normalized spacial score (nSPS) is 23.1. The van der Waals surface area contributed by atoms with Crippen LogP contribution in [-0.2, 0) is 15.0 Å². The summed E-state index contributed by atoms with van der Waals surface area (Å²) in [5.41, 5.74) is -0.0885. The van der Waals surface area contributed by atoms with Gasteiger partial charge >= 0.3 is 18.2 Å². The summed E-state index contributed by atoms with van der Waals surface area (Å²) < 4.78 is 77.3. The van der Waals surface area contributed by atoms with Crippen molar-refractivity contribution in [2.75, 3.05) is 32.9 Å². The standard InChI is InChI=1S/C26H28F5N3O5/c1-33-11-10-25(15-4-7-20(37-2)21(12-15)38-3)9-8-17(14-22(25)33)32-24(36)34(39-23(35)26(29,30)31)19-6-5-16(27)13-18(19)28/h4-7,12-13,17,22H,8-11,14H2,1-3H3,(H,32,36)/t17-,22+,25+/m0/s1. The summed E-state index contributed by atoms with van der Waals surface area (Å²) in [6, 6.07) is 5.66. The van der Waals surface area contributed by atoms with Crippen LogP contribution >= 0.6 is 0 Å². The maximum atomic E-state index is 14.4. The number of anilines is 1. The van der Waals surface area contributed by atoms with Gasteiger partial charge in [0.1, 0.15) is 11.5 Å². The smallest absolute Gasteiger partial charge is 0.493 e. The van der Waals surface area contributed by atoms with Gasteiger partial charge in [-0.1, -0.05) is 6.07 Å². The number of benzene rings is 2. The van der Waals surface area contributed by atoms with Crippen LogP contribution in [0.2, 0.25) is 0 Å². The average Bonchev–Trinajstić information content (AvgIpc) is 3.23. The Morgan fingerprint density at radius 3 is 2.41 bits per heavy atom. The maximum absolute atomic E-state index is 14.4. The van der Waals surface area contributed by atoms with Crippen molar-refractivity contribution in [1.29, 1.82) is 0 Å². The number of urea groups is 1. The molecule has 4 rings (SSSR count). The fraction of sp³-hybridized carbons (Fsp3) is 0.462. The molecule has 39 heavy (non-hydrogen) atoms. The average molecular weight is 558 g/mol. The number of hydrogen-bond acceptors (Lipinski definition) is 6. The lowest BCUT2D eigenvalue weighted by Crippen LogP contribution is -2.54. The molecule has 3 atom stereocenters. The molecule has 0 aromatic heterocycles. The van der Waals surface area contributed by atoms with Gasteiger partial charge in [-0.15, -0.1) is 5.06 Å². The number of hydroxylamine groups is 1. The number of methoxy groups -OCH3 is 2. The molecule has 1 saturated heterocycles. The van der Waals surface area contributed by atoms with Crippen molar-refractivity contribution in [3.8, 4) is 11.5 Å². The molecule has 2 amide bonds. The van der Waals surface area contributed by atoms with E-state index < -0.39 is 41.5 Å². The predicted octanol–water partition coefficient (Wildman–Crippen LogP) is 4.71. The van der Waals surface area contributed by atoms with Gasteiger partial charge in [-0.05, 0) is 69.1 Å². The highest BCUT2D eigenvalue weighted by molar-refractivity contribution is 5.93. The molecule has 8 nitrogen and oxygen atoms in total. The second kappa shape index (κ2) is 10.9. The number of ether oxygens (including phenoxy) is 2. The second-order valence-corrected chi connectivity index (χ2v) is 9.66. The molecule has 0 radical (unpaired) electrons. The van der Waals surface area contributed by atoms with Gasteiger partial charge in [0.05, 0.1) is 14.2 Å². The molecule has 2 aromatic rings. The summed E-state index contributed by atoms with van der Waals surface area (Å²) in [6.07, 6.45) is -3.14. The lowest BCUT2D eigenvalue weighted by atomic mass is 9.65. The number of rotatable bonds is 5. The van der Waals surface area contributed by atoms with E-state index in [0.29, 0.717) is 42.9 Å². The first-order valence-corrected chi connectivity index (χ1v) is 12.2. The Bertz CT molecular complexity index is 1240. The number of nitrogens with zero attached hydrogens (tertiary/aromatic N) is 2. The number of fused-ring (bicyclic) bond motifs is 1. The Labute approximate surface area is 221 Å². The zero-order chi connectivity index (χ0) is 28.5. The number of amides is 2. The van der Waals surface area contributed by atoms with Gasteiger partial charge in [-0.25, -0.2) is 18.4 Å². The van der Waals surface area contributed by atoms with Crippen LogP contribution in [0.15, 0.2) is 36.4 Å². The third-order valence-electron chi connectivity index (χ3n) is 7.53. The van der Waals surface area contributed by atoms with Gasteiger partial charge in [0.2, 0.25) is 0 Å². The van der Waals surface area contributed by atoms with E-state index >= 15 is 0 Å². The van der Waals surface area contributed by atoms with Crippen molar-refractivity contribution >= 4 is 17.7 Å². The third-order valence-corrected chi connectivity index (χ3v) is 7.53. The highest BCUT2D eigenvalue weighted by Gasteiger charge is 2.51. The molecule has 2 aromatic carbocycles. The Morgan fingerprint density at radius 1 is 1.05 bits per heavy atom. The summed E-state index contributed by atoms with van der Waals surface area (Å²) in [7, 11) is 5.04. The van der Waals surface area contributed by atoms with Gasteiger partial charge in [-0.2, -0.15) is 13.2 Å². The third kappa shape index (κ3) is 5.58. The molecule has 212 valence electrons. The van der Waals surface area contributed by atoms with Crippen molar-refractivity contribution in [2.45, 2.75) is 49.4 Å². The number of alkyl halides is 3. The monoisotopic (exact) mass is 557 g/mol. The van der Waals surface area contributed by atoms with Crippen molar-refractivity contribution < 1.29 is 45.9 Å². The van der Waals surface area contributed by atoms with E-state index in [1.807, 2.05) is 25.2 Å². The lowest BCUT2D eigenvalue weighted by molar-refractivity contribution is -0.199. The number of carbonyl (C=O) groups excluding carboxylic acids is 2. The van der Waals surface area contributed by atoms with Crippen LogP contribution in [0.1, 0.15) is 31.2 Å². The van der Waals surface area contributed by atoms with E-state index in [-0.39, 0.29) is 16.5 Å². The molecule has 2 aliphatic rings. The molecule has 1 aliphatic heterocycles. The fourth-order valence-electron chi connectivity index (χ4n) is 5.61. The first-order chi connectivity index (χ1) is 18.4. The first-order valence-electron chi connectivity index (χ1n) is 12.2. The SMILES string of the molecule is COc1ccc([C@]23CC[C@H](NC(=O)N(OC(=O)C(F)(F)F)c4ccc(F)cc4F)C[C@H]2N(C)CC3)cc1OC. The highest BCUT2D eigenvalue weighted by Crippen LogP contribution is 2.50. The number of likely N-dealkylation sites (tertiary alicyclic amines) is 1. The molecule has 0 bridgehead atoms. The van der Waals surface area contributed by atoms with Gasteiger partial charge in [0, 0.05) is 23.6 Å². The minimum Gasteiger partial charge on any atom is -0.493 e. The Kier molecular flexibility index (Phi) is 7.92. The minimum atomic E-state index is -5.45. The van der Waals surface area contributed by atoms with E-state index in [2.05, 4.69) is 15.1 Å². The minimum absolute atomic E-state index is 0.0524. The molecular formula is C26H28F5N3O5. The Balaban J connectivity index is 1.57. The van der Waals surface area contributed by atoms with Gasteiger partial charge in [0.15, 0.2) is 17.3 Å². The summed E-state index contributed by atoms with van der Waals surface area (Å²) in [4.78, 5) is 31.0. The van der Waals surface area contributed by atoms with Gasteiger partial charge in [0.25, 0.3) is 0 Å². The lowest BCUT2D eigenvalue weighted by Gasteiger charge is -2.45. The van der Waals surface area contributed by atoms with E-state index in [4.69, 9.17) is 9.47 Å². The van der Waals surface area contributed by atoms with E-state index in [1.165, 1.54) is 0 Å². The van der Waals surface area contributed by atoms with E-state index in [0.717, 1.165) is 24.6 Å². The number of halogens is 5. The molecule has 13 heteroatoms. The van der Waals surface area contributed by atoms with Crippen LogP contribution in [0.25, 0.3) is 0 Å².